The summed E-state index contributed by atoms with van der Waals surface area (Å²) in [6, 6.07) is 0. The highest BCUT2D eigenvalue weighted by Gasteiger charge is 2.14. The molecule has 0 saturated carbocycles. The Balaban J connectivity index is 3.70. The summed E-state index contributed by atoms with van der Waals surface area (Å²) in [6.07, 6.45) is 0.347. The molecule has 0 amide bonds. The summed E-state index contributed by atoms with van der Waals surface area (Å²) >= 11 is 8.40. The Morgan fingerprint density at radius 3 is 2.45 bits per heavy atom. The van der Waals surface area contributed by atoms with Crippen molar-refractivity contribution >= 4 is 39.5 Å². The van der Waals surface area contributed by atoms with Crippen molar-refractivity contribution in [1.29, 1.82) is 0 Å². The highest BCUT2D eigenvalue weighted by molar-refractivity contribution is 7.80. The molecule has 2 unspecified atom stereocenters. The lowest BCUT2D eigenvalue weighted by molar-refractivity contribution is -0.111. The summed E-state index contributed by atoms with van der Waals surface area (Å²) < 4.78 is 19.0. The maximum atomic E-state index is 10.4. The second-order valence-corrected chi connectivity index (χ2v) is 3.90. The molecule has 0 heterocycles. The average Bonchev–Trinajstić information content (AvgIpc) is 1.87. The van der Waals surface area contributed by atoms with Gasteiger partial charge in [-0.1, -0.05) is 0 Å². The predicted molar refractivity (Wildman–Crippen MR) is 45.4 cm³/mol. The van der Waals surface area contributed by atoms with Crippen LogP contribution in [0.25, 0.3) is 0 Å². The van der Waals surface area contributed by atoms with Gasteiger partial charge >= 0.3 is 0 Å². The van der Waals surface area contributed by atoms with Crippen LogP contribution in [0.1, 0.15) is 12.8 Å². The maximum absolute atomic E-state index is 10.4. The van der Waals surface area contributed by atoms with Crippen LogP contribution in [0.4, 0.5) is 0 Å². The average molecular weight is 219 g/mol. The minimum atomic E-state index is -1.96. The topological polar surface area (TPSA) is 54.4 Å². The van der Waals surface area contributed by atoms with Crippen molar-refractivity contribution in [2.45, 2.75) is 18.1 Å². The molecule has 0 rings (SSSR count). The fourth-order valence-electron chi connectivity index (χ4n) is 0.506. The van der Waals surface area contributed by atoms with Crippen molar-refractivity contribution in [3.63, 3.8) is 0 Å². The Labute approximate surface area is 77.3 Å². The Morgan fingerprint density at radius 1 is 1.64 bits per heavy atom. The smallest absolute Gasteiger partial charge is 0.221 e. The van der Waals surface area contributed by atoms with Crippen molar-refractivity contribution < 1.29 is 13.6 Å². The van der Waals surface area contributed by atoms with Gasteiger partial charge in [-0.15, -0.1) is 11.6 Å². The molecule has 0 fully saturated rings. The van der Waals surface area contributed by atoms with Gasteiger partial charge < -0.3 is 4.55 Å². The van der Waals surface area contributed by atoms with Crippen LogP contribution in [0.2, 0.25) is 0 Å². The highest BCUT2D eigenvalue weighted by Crippen LogP contribution is 2.07. The van der Waals surface area contributed by atoms with Gasteiger partial charge in [-0.25, -0.2) is 4.21 Å². The summed E-state index contributed by atoms with van der Waals surface area (Å²) in [5, 5.41) is -1.06. The number of rotatable bonds is 5. The molecule has 0 saturated heterocycles. The molecule has 3 nitrogen and oxygen atoms in total. The van der Waals surface area contributed by atoms with Gasteiger partial charge in [0.2, 0.25) is 5.24 Å². The lowest BCUT2D eigenvalue weighted by atomic mass is 10.3. The van der Waals surface area contributed by atoms with E-state index in [1.807, 2.05) is 0 Å². The number of carbonyl (C=O) groups excluding carboxylic acids is 1. The first kappa shape index (κ1) is 11.4. The number of carbonyl (C=O) groups is 1. The van der Waals surface area contributed by atoms with Crippen molar-refractivity contribution in [3.05, 3.63) is 0 Å². The quantitative estimate of drug-likeness (QED) is 0.431. The fraction of sp³-hybridized carbons (Fsp3) is 0.800. The maximum Gasteiger partial charge on any atom is 0.221 e. The van der Waals surface area contributed by atoms with Crippen molar-refractivity contribution in [2.75, 3.05) is 5.88 Å². The van der Waals surface area contributed by atoms with Gasteiger partial charge in [0, 0.05) is 12.3 Å². The molecule has 11 heavy (non-hydrogen) atoms. The Kier molecular flexibility index (Phi) is 6.14. The molecule has 0 spiro atoms. The zero-order chi connectivity index (χ0) is 8.85. The van der Waals surface area contributed by atoms with E-state index in [2.05, 4.69) is 0 Å². The van der Waals surface area contributed by atoms with Gasteiger partial charge in [-0.3, -0.25) is 4.79 Å². The van der Waals surface area contributed by atoms with Crippen LogP contribution in [-0.2, 0) is 15.9 Å². The summed E-state index contributed by atoms with van der Waals surface area (Å²) in [4.78, 5) is 10.2. The second kappa shape index (κ2) is 5.94. The van der Waals surface area contributed by atoms with Crippen LogP contribution in [-0.4, -0.2) is 25.1 Å². The minimum absolute atomic E-state index is 0.0628. The number of halogens is 2. The molecule has 0 aliphatic heterocycles. The molecule has 66 valence electrons. The lowest BCUT2D eigenvalue weighted by Crippen LogP contribution is -2.16. The first-order valence-electron chi connectivity index (χ1n) is 2.92. The van der Waals surface area contributed by atoms with E-state index in [4.69, 9.17) is 27.8 Å². The molecule has 0 aromatic heterocycles. The molecule has 0 bridgehead atoms. The van der Waals surface area contributed by atoms with E-state index in [0.717, 1.165) is 0 Å². The van der Waals surface area contributed by atoms with E-state index < -0.39 is 21.6 Å². The number of hydrogen-bond acceptors (Lipinski definition) is 2. The Morgan fingerprint density at radius 2 is 2.18 bits per heavy atom. The molecule has 0 aliphatic rings. The van der Waals surface area contributed by atoms with E-state index in [0.29, 0.717) is 0 Å². The number of alkyl halides is 1. The third kappa shape index (κ3) is 5.61. The van der Waals surface area contributed by atoms with Gasteiger partial charge in [0.15, 0.2) is 11.1 Å². The van der Waals surface area contributed by atoms with Gasteiger partial charge in [0.05, 0.1) is 5.25 Å². The zero-order valence-corrected chi connectivity index (χ0v) is 7.95. The highest BCUT2D eigenvalue weighted by atomic mass is 35.5. The lowest BCUT2D eigenvalue weighted by Gasteiger charge is -2.05. The molecule has 0 aromatic rings. The largest absolute Gasteiger partial charge is 0.306 e. The molecule has 0 radical (unpaired) electrons. The summed E-state index contributed by atoms with van der Waals surface area (Å²) in [5.41, 5.74) is 0. The van der Waals surface area contributed by atoms with E-state index >= 15 is 0 Å². The first-order chi connectivity index (χ1) is 5.07. The van der Waals surface area contributed by atoms with Crippen molar-refractivity contribution in [2.24, 2.45) is 0 Å². The first-order valence-corrected chi connectivity index (χ1v) is 5.00. The molecule has 6 heteroatoms. The van der Waals surface area contributed by atoms with Gasteiger partial charge in [-0.05, 0) is 18.0 Å². The molecule has 1 N–H and O–H groups in total. The SMILES string of the molecule is O=C(Cl)CCC(CCl)S(=O)O. The molecule has 0 aromatic carbocycles. The van der Waals surface area contributed by atoms with Crippen molar-refractivity contribution in [1.82, 2.24) is 0 Å². The predicted octanol–water partition coefficient (Wildman–Crippen LogP) is 1.36. The minimum Gasteiger partial charge on any atom is -0.306 e. The van der Waals surface area contributed by atoms with Crippen LogP contribution in [0.15, 0.2) is 0 Å². The fourth-order valence-corrected chi connectivity index (χ4v) is 1.52. The molecular formula is C5H8Cl2O3S. The van der Waals surface area contributed by atoms with E-state index in [1.165, 1.54) is 0 Å². The standard InChI is InChI=1S/C5H8Cl2O3S/c6-3-4(11(9)10)1-2-5(7)8/h4H,1-3H2,(H,9,10). The van der Waals surface area contributed by atoms with E-state index in [1.54, 1.807) is 0 Å². The summed E-state index contributed by atoms with van der Waals surface area (Å²) in [6.45, 7) is 0. The van der Waals surface area contributed by atoms with E-state index in [-0.39, 0.29) is 18.7 Å². The molecule has 2 atom stereocenters. The zero-order valence-electron chi connectivity index (χ0n) is 5.63. The van der Waals surface area contributed by atoms with Crippen LogP contribution in [0.3, 0.4) is 0 Å². The molecular weight excluding hydrogens is 211 g/mol. The third-order valence-electron chi connectivity index (χ3n) is 1.12. The van der Waals surface area contributed by atoms with Crippen molar-refractivity contribution in [3.8, 4) is 0 Å². The van der Waals surface area contributed by atoms with E-state index in [9.17, 15) is 9.00 Å². The number of hydrogen-bond donors (Lipinski definition) is 1. The van der Waals surface area contributed by atoms with Crippen LogP contribution < -0.4 is 0 Å². The summed E-state index contributed by atoms with van der Waals surface area (Å²) in [7, 11) is 0. The summed E-state index contributed by atoms with van der Waals surface area (Å²) in [5.74, 6) is 0.0628. The Hall–Kier alpha value is 0.360. The third-order valence-corrected chi connectivity index (χ3v) is 2.84. The van der Waals surface area contributed by atoms with Crippen LogP contribution in [0, 0.1) is 0 Å². The van der Waals surface area contributed by atoms with Crippen LogP contribution in [0.5, 0.6) is 0 Å². The Bertz CT molecular complexity index is 162. The monoisotopic (exact) mass is 218 g/mol. The van der Waals surface area contributed by atoms with Gasteiger partial charge in [0.25, 0.3) is 0 Å². The molecule has 0 aliphatic carbocycles. The second-order valence-electron chi connectivity index (χ2n) is 1.95. The normalized spacial score (nSPS) is 15.9. The van der Waals surface area contributed by atoms with Gasteiger partial charge in [0.1, 0.15) is 0 Å². The van der Waals surface area contributed by atoms with Gasteiger partial charge in [-0.2, -0.15) is 0 Å². The van der Waals surface area contributed by atoms with Crippen LogP contribution >= 0.6 is 23.2 Å².